The molecule has 1 fully saturated rings. The van der Waals surface area contributed by atoms with E-state index in [1.807, 2.05) is 54.6 Å². The van der Waals surface area contributed by atoms with Crippen LogP contribution >= 0.6 is 0 Å². The van der Waals surface area contributed by atoms with Crippen molar-refractivity contribution in [1.82, 2.24) is 5.32 Å². The van der Waals surface area contributed by atoms with Gasteiger partial charge in [-0.15, -0.1) is 0 Å². The molecule has 130 valence electrons. The van der Waals surface area contributed by atoms with Gasteiger partial charge in [-0.25, -0.2) is 4.79 Å². The molecule has 2 aromatic carbocycles. The van der Waals surface area contributed by atoms with Crippen LogP contribution < -0.4 is 10.1 Å². The normalized spacial score (nSPS) is 19.4. The molecule has 2 aromatic rings. The van der Waals surface area contributed by atoms with Crippen LogP contribution in [0, 0.1) is 5.92 Å². The molecule has 0 spiro atoms. The van der Waals surface area contributed by atoms with Crippen LogP contribution in [0.1, 0.15) is 12.0 Å². The molecular formula is C19H19NO5. The van der Waals surface area contributed by atoms with Crippen LogP contribution in [0.25, 0.3) is 0 Å². The third kappa shape index (κ3) is 4.36. The number of hydrogen-bond acceptors (Lipinski definition) is 4. The number of nitrogens with one attached hydrogen (secondary N) is 1. The molecule has 25 heavy (non-hydrogen) atoms. The van der Waals surface area contributed by atoms with Gasteiger partial charge in [-0.3, -0.25) is 4.79 Å². The number of para-hydroxylation sites is 1. The number of hydrogen-bond donors (Lipinski definition) is 2. The Morgan fingerprint density at radius 2 is 1.76 bits per heavy atom. The van der Waals surface area contributed by atoms with E-state index < -0.39 is 18.0 Å². The molecule has 1 saturated heterocycles. The van der Waals surface area contributed by atoms with Gasteiger partial charge in [0.25, 0.3) is 0 Å². The Balaban J connectivity index is 1.53. The summed E-state index contributed by atoms with van der Waals surface area (Å²) in [4.78, 5) is 23.2. The molecule has 0 saturated carbocycles. The predicted molar refractivity (Wildman–Crippen MR) is 90.3 cm³/mol. The van der Waals surface area contributed by atoms with E-state index in [2.05, 4.69) is 5.32 Å². The lowest BCUT2D eigenvalue weighted by Gasteiger charge is -2.14. The number of ether oxygens (including phenoxy) is 2. The number of carbonyl (C=O) groups excluding carboxylic acids is 1. The standard InChI is InChI=1S/C19H19NO5/c21-18(16-10-11-24-17(16)19(22)23)20-12-13-6-8-15(9-7-13)25-14-4-2-1-3-5-14/h1-9,16-17H,10-12H2,(H,20,21)(H,22,23). The third-order valence-corrected chi connectivity index (χ3v) is 4.04. The van der Waals surface area contributed by atoms with Crippen molar-refractivity contribution >= 4 is 11.9 Å². The highest BCUT2D eigenvalue weighted by atomic mass is 16.5. The first-order chi connectivity index (χ1) is 12.1. The van der Waals surface area contributed by atoms with Crippen LogP contribution in [0.5, 0.6) is 11.5 Å². The van der Waals surface area contributed by atoms with Crippen LogP contribution in [0.15, 0.2) is 54.6 Å². The Bertz CT molecular complexity index is 729. The summed E-state index contributed by atoms with van der Waals surface area (Å²) in [6.45, 7) is 0.619. The zero-order valence-electron chi connectivity index (χ0n) is 13.6. The Hall–Kier alpha value is -2.86. The van der Waals surface area contributed by atoms with Crippen molar-refractivity contribution in [3.8, 4) is 11.5 Å². The first-order valence-electron chi connectivity index (χ1n) is 8.07. The van der Waals surface area contributed by atoms with Gasteiger partial charge < -0.3 is 19.9 Å². The highest BCUT2D eigenvalue weighted by Gasteiger charge is 2.38. The van der Waals surface area contributed by atoms with E-state index in [0.717, 1.165) is 11.3 Å². The molecule has 2 atom stereocenters. The van der Waals surface area contributed by atoms with Gasteiger partial charge in [0, 0.05) is 13.2 Å². The molecule has 1 heterocycles. The Labute approximate surface area is 145 Å². The molecule has 6 nitrogen and oxygen atoms in total. The molecule has 6 heteroatoms. The quantitative estimate of drug-likeness (QED) is 0.843. The van der Waals surface area contributed by atoms with Crippen molar-refractivity contribution < 1.29 is 24.2 Å². The first kappa shape index (κ1) is 17.0. The Kier molecular flexibility index (Phi) is 5.30. The minimum atomic E-state index is -1.10. The van der Waals surface area contributed by atoms with Crippen molar-refractivity contribution in [2.75, 3.05) is 6.61 Å². The predicted octanol–water partition coefficient (Wildman–Crippen LogP) is 2.58. The van der Waals surface area contributed by atoms with Crippen molar-refractivity contribution in [2.24, 2.45) is 5.92 Å². The third-order valence-electron chi connectivity index (χ3n) is 4.04. The van der Waals surface area contributed by atoms with Crippen molar-refractivity contribution in [2.45, 2.75) is 19.1 Å². The number of amides is 1. The minimum Gasteiger partial charge on any atom is -0.479 e. The zero-order valence-corrected chi connectivity index (χ0v) is 13.6. The summed E-state index contributed by atoms with van der Waals surface area (Å²) in [7, 11) is 0. The summed E-state index contributed by atoms with van der Waals surface area (Å²) < 4.78 is 10.8. The largest absolute Gasteiger partial charge is 0.479 e. The van der Waals surface area contributed by atoms with Gasteiger partial charge in [0.15, 0.2) is 6.10 Å². The molecule has 1 aliphatic rings. The van der Waals surface area contributed by atoms with E-state index in [9.17, 15) is 9.59 Å². The van der Waals surface area contributed by atoms with E-state index in [4.69, 9.17) is 14.6 Å². The number of carboxylic acids is 1. The van der Waals surface area contributed by atoms with E-state index >= 15 is 0 Å². The first-order valence-corrected chi connectivity index (χ1v) is 8.07. The summed E-state index contributed by atoms with van der Waals surface area (Å²) in [6.07, 6.45) is -0.631. The molecule has 0 aromatic heterocycles. The number of carboxylic acid groups (broad SMARTS) is 1. The van der Waals surface area contributed by atoms with Gasteiger partial charge in [0.2, 0.25) is 5.91 Å². The summed E-state index contributed by atoms with van der Waals surface area (Å²) in [5.74, 6) is -0.575. The topological polar surface area (TPSA) is 84.9 Å². The number of rotatable bonds is 6. The molecule has 1 aliphatic heterocycles. The van der Waals surface area contributed by atoms with Crippen LogP contribution in [0.3, 0.4) is 0 Å². The Morgan fingerprint density at radius 1 is 1.08 bits per heavy atom. The average molecular weight is 341 g/mol. The molecule has 2 N–H and O–H groups in total. The van der Waals surface area contributed by atoms with Gasteiger partial charge in [0.05, 0.1) is 5.92 Å². The van der Waals surface area contributed by atoms with E-state index in [0.29, 0.717) is 25.3 Å². The molecular weight excluding hydrogens is 322 g/mol. The highest BCUT2D eigenvalue weighted by Crippen LogP contribution is 2.23. The van der Waals surface area contributed by atoms with E-state index in [1.165, 1.54) is 0 Å². The lowest BCUT2D eigenvalue weighted by atomic mass is 10.0. The highest BCUT2D eigenvalue weighted by molar-refractivity contribution is 5.86. The smallest absolute Gasteiger partial charge is 0.333 e. The zero-order chi connectivity index (χ0) is 17.6. The lowest BCUT2D eigenvalue weighted by molar-refractivity contribution is -0.152. The monoisotopic (exact) mass is 341 g/mol. The van der Waals surface area contributed by atoms with Crippen LogP contribution in [0.2, 0.25) is 0 Å². The van der Waals surface area contributed by atoms with E-state index in [-0.39, 0.29) is 5.91 Å². The van der Waals surface area contributed by atoms with Gasteiger partial charge in [-0.2, -0.15) is 0 Å². The van der Waals surface area contributed by atoms with Crippen molar-refractivity contribution in [1.29, 1.82) is 0 Å². The molecule has 0 radical (unpaired) electrons. The minimum absolute atomic E-state index is 0.292. The van der Waals surface area contributed by atoms with Crippen molar-refractivity contribution in [3.63, 3.8) is 0 Å². The summed E-state index contributed by atoms with van der Waals surface area (Å²) in [5, 5.41) is 11.8. The molecule has 0 bridgehead atoms. The maximum atomic E-state index is 12.2. The fourth-order valence-electron chi connectivity index (χ4n) is 2.72. The fourth-order valence-corrected chi connectivity index (χ4v) is 2.72. The van der Waals surface area contributed by atoms with Gasteiger partial charge in [-0.1, -0.05) is 30.3 Å². The molecule has 1 amide bonds. The van der Waals surface area contributed by atoms with Gasteiger partial charge in [0.1, 0.15) is 11.5 Å². The number of benzene rings is 2. The lowest BCUT2D eigenvalue weighted by Crippen LogP contribution is -2.38. The van der Waals surface area contributed by atoms with E-state index in [1.54, 1.807) is 0 Å². The number of aliphatic carboxylic acids is 1. The van der Waals surface area contributed by atoms with Crippen LogP contribution in [0.4, 0.5) is 0 Å². The SMILES string of the molecule is O=C(NCc1ccc(Oc2ccccc2)cc1)C1CCOC1C(=O)O. The van der Waals surface area contributed by atoms with Crippen LogP contribution in [-0.2, 0) is 20.9 Å². The van der Waals surface area contributed by atoms with Gasteiger partial charge in [-0.05, 0) is 36.2 Å². The van der Waals surface area contributed by atoms with Crippen molar-refractivity contribution in [3.05, 3.63) is 60.2 Å². The van der Waals surface area contributed by atoms with Gasteiger partial charge >= 0.3 is 5.97 Å². The maximum Gasteiger partial charge on any atom is 0.333 e. The Morgan fingerprint density at radius 3 is 2.44 bits per heavy atom. The number of carbonyl (C=O) groups is 2. The molecule has 3 rings (SSSR count). The summed E-state index contributed by atoms with van der Waals surface area (Å²) >= 11 is 0. The molecule has 0 aliphatic carbocycles. The molecule has 2 unspecified atom stereocenters. The summed E-state index contributed by atoms with van der Waals surface area (Å²) in [6, 6.07) is 16.8. The second-order valence-electron chi connectivity index (χ2n) is 5.80. The second-order valence-corrected chi connectivity index (χ2v) is 5.80. The summed E-state index contributed by atoms with van der Waals surface area (Å²) in [5.41, 5.74) is 0.902. The maximum absolute atomic E-state index is 12.2. The second kappa shape index (κ2) is 7.81. The van der Waals surface area contributed by atoms with Crippen LogP contribution in [-0.4, -0.2) is 29.7 Å². The average Bonchev–Trinajstić information content (AvgIpc) is 3.12. The fraction of sp³-hybridized carbons (Fsp3) is 0.263.